The molecule has 1 aliphatic carbocycles. The van der Waals surface area contributed by atoms with Crippen LogP contribution in [0.1, 0.15) is 36.1 Å². The molecule has 0 saturated heterocycles. The SMILES string of the molecule is Cc1cc2c(c(NN)n1)CCCCC2. The molecule has 0 aromatic carbocycles. The number of nitrogens with two attached hydrogens (primary N) is 1. The molecule has 0 atom stereocenters. The molecule has 14 heavy (non-hydrogen) atoms. The zero-order valence-corrected chi connectivity index (χ0v) is 8.64. The number of nitrogens with zero attached hydrogens (tertiary/aromatic N) is 1. The highest BCUT2D eigenvalue weighted by Crippen LogP contribution is 2.25. The summed E-state index contributed by atoms with van der Waals surface area (Å²) < 4.78 is 0. The van der Waals surface area contributed by atoms with Gasteiger partial charge < -0.3 is 5.43 Å². The molecule has 2 rings (SSSR count). The summed E-state index contributed by atoms with van der Waals surface area (Å²) in [6.07, 6.45) is 6.15. The van der Waals surface area contributed by atoms with Crippen LogP contribution in [-0.2, 0) is 12.8 Å². The molecule has 1 aromatic heterocycles. The van der Waals surface area contributed by atoms with Crippen molar-refractivity contribution in [2.24, 2.45) is 5.84 Å². The van der Waals surface area contributed by atoms with E-state index in [9.17, 15) is 0 Å². The van der Waals surface area contributed by atoms with Gasteiger partial charge in [0.15, 0.2) is 0 Å². The van der Waals surface area contributed by atoms with Crippen LogP contribution in [-0.4, -0.2) is 4.98 Å². The molecule has 0 amide bonds. The lowest BCUT2D eigenvalue weighted by molar-refractivity contribution is 0.711. The predicted molar refractivity (Wildman–Crippen MR) is 58.0 cm³/mol. The van der Waals surface area contributed by atoms with E-state index in [-0.39, 0.29) is 0 Å². The molecule has 1 aliphatic rings. The van der Waals surface area contributed by atoms with E-state index >= 15 is 0 Å². The first-order chi connectivity index (χ1) is 6.81. The van der Waals surface area contributed by atoms with Crippen LogP contribution in [0.3, 0.4) is 0 Å². The Morgan fingerprint density at radius 1 is 1.29 bits per heavy atom. The lowest BCUT2D eigenvalue weighted by Crippen LogP contribution is -2.13. The van der Waals surface area contributed by atoms with Gasteiger partial charge in [0.25, 0.3) is 0 Å². The van der Waals surface area contributed by atoms with Crippen LogP contribution in [0.25, 0.3) is 0 Å². The molecule has 0 radical (unpaired) electrons. The Balaban J connectivity index is 2.46. The lowest BCUT2D eigenvalue weighted by atomic mass is 10.0. The number of hydrogen-bond donors (Lipinski definition) is 2. The molecule has 3 N–H and O–H groups in total. The number of anilines is 1. The van der Waals surface area contributed by atoms with Gasteiger partial charge in [0.1, 0.15) is 5.82 Å². The number of nitrogen functional groups attached to an aromatic ring is 1. The number of aromatic nitrogens is 1. The first-order valence-corrected chi connectivity index (χ1v) is 5.27. The van der Waals surface area contributed by atoms with Crippen molar-refractivity contribution >= 4 is 5.82 Å². The topological polar surface area (TPSA) is 50.9 Å². The molecule has 1 aromatic rings. The molecule has 1 heterocycles. The van der Waals surface area contributed by atoms with Gasteiger partial charge in [0, 0.05) is 5.69 Å². The van der Waals surface area contributed by atoms with Crippen LogP contribution in [0.2, 0.25) is 0 Å². The van der Waals surface area contributed by atoms with Crippen LogP contribution in [0.4, 0.5) is 5.82 Å². The van der Waals surface area contributed by atoms with Crippen LogP contribution >= 0.6 is 0 Å². The van der Waals surface area contributed by atoms with Crippen molar-refractivity contribution in [3.63, 3.8) is 0 Å². The van der Waals surface area contributed by atoms with Gasteiger partial charge in [-0.1, -0.05) is 6.42 Å². The van der Waals surface area contributed by atoms with Gasteiger partial charge in [0.05, 0.1) is 0 Å². The molecule has 0 spiro atoms. The van der Waals surface area contributed by atoms with Crippen molar-refractivity contribution in [3.05, 3.63) is 22.9 Å². The van der Waals surface area contributed by atoms with E-state index in [2.05, 4.69) is 16.5 Å². The molecule has 0 saturated carbocycles. The van der Waals surface area contributed by atoms with E-state index < -0.39 is 0 Å². The Hall–Kier alpha value is -1.09. The third-order valence-electron chi connectivity index (χ3n) is 2.85. The Morgan fingerprint density at radius 2 is 2.07 bits per heavy atom. The van der Waals surface area contributed by atoms with Crippen molar-refractivity contribution in [2.45, 2.75) is 39.0 Å². The number of rotatable bonds is 1. The maximum absolute atomic E-state index is 5.48. The van der Waals surface area contributed by atoms with Crippen LogP contribution in [0.5, 0.6) is 0 Å². The fourth-order valence-electron chi connectivity index (χ4n) is 2.18. The average Bonchev–Trinajstić information content (AvgIpc) is 2.41. The molecule has 0 bridgehead atoms. The Morgan fingerprint density at radius 3 is 2.86 bits per heavy atom. The van der Waals surface area contributed by atoms with E-state index in [1.807, 2.05) is 6.92 Å². The Labute approximate surface area is 84.7 Å². The maximum atomic E-state index is 5.48. The first kappa shape index (κ1) is 9.46. The summed E-state index contributed by atoms with van der Waals surface area (Å²) in [6.45, 7) is 2.02. The summed E-state index contributed by atoms with van der Waals surface area (Å²) in [6, 6.07) is 2.20. The summed E-state index contributed by atoms with van der Waals surface area (Å²) in [5.41, 5.74) is 6.53. The van der Waals surface area contributed by atoms with E-state index in [4.69, 9.17) is 5.84 Å². The fraction of sp³-hybridized carbons (Fsp3) is 0.545. The zero-order valence-electron chi connectivity index (χ0n) is 8.64. The van der Waals surface area contributed by atoms with Gasteiger partial charge in [-0.25, -0.2) is 10.8 Å². The number of pyridine rings is 1. The van der Waals surface area contributed by atoms with E-state index in [0.717, 1.165) is 17.9 Å². The third kappa shape index (κ3) is 1.73. The van der Waals surface area contributed by atoms with Crippen molar-refractivity contribution < 1.29 is 0 Å². The number of aryl methyl sites for hydroxylation is 2. The molecule has 0 unspecified atom stereocenters. The second-order valence-corrected chi connectivity index (χ2v) is 3.95. The highest BCUT2D eigenvalue weighted by molar-refractivity contribution is 5.49. The molecule has 3 nitrogen and oxygen atoms in total. The second-order valence-electron chi connectivity index (χ2n) is 3.95. The lowest BCUT2D eigenvalue weighted by Gasteiger charge is -2.11. The van der Waals surface area contributed by atoms with Crippen molar-refractivity contribution in [3.8, 4) is 0 Å². The Bertz CT molecular complexity index is 334. The second kappa shape index (κ2) is 3.96. The Kier molecular flexibility index (Phi) is 2.68. The fourth-order valence-corrected chi connectivity index (χ4v) is 2.18. The van der Waals surface area contributed by atoms with Gasteiger partial charge in [-0.3, -0.25) is 0 Å². The molecular weight excluding hydrogens is 174 g/mol. The van der Waals surface area contributed by atoms with Gasteiger partial charge in [0.2, 0.25) is 0 Å². The molecule has 76 valence electrons. The van der Waals surface area contributed by atoms with Crippen LogP contribution < -0.4 is 11.3 Å². The summed E-state index contributed by atoms with van der Waals surface area (Å²) in [4.78, 5) is 4.41. The minimum atomic E-state index is 0.877. The van der Waals surface area contributed by atoms with Crippen LogP contribution in [0, 0.1) is 6.92 Å². The van der Waals surface area contributed by atoms with Crippen molar-refractivity contribution in [2.75, 3.05) is 5.43 Å². The summed E-state index contributed by atoms with van der Waals surface area (Å²) >= 11 is 0. The minimum Gasteiger partial charge on any atom is -0.308 e. The standard InChI is InChI=1S/C11H17N3/c1-8-7-9-5-3-2-4-6-10(9)11(13-8)14-12/h7H,2-6,12H2,1H3,(H,13,14). The number of hydrazine groups is 1. The molecule has 3 heteroatoms. The van der Waals surface area contributed by atoms with Gasteiger partial charge in [-0.15, -0.1) is 0 Å². The first-order valence-electron chi connectivity index (χ1n) is 5.27. The largest absolute Gasteiger partial charge is 0.308 e. The summed E-state index contributed by atoms with van der Waals surface area (Å²) in [7, 11) is 0. The van der Waals surface area contributed by atoms with Gasteiger partial charge >= 0.3 is 0 Å². The maximum Gasteiger partial charge on any atom is 0.143 e. The average molecular weight is 191 g/mol. The quantitative estimate of drug-likeness (QED) is 0.405. The highest BCUT2D eigenvalue weighted by Gasteiger charge is 2.13. The summed E-state index contributed by atoms with van der Waals surface area (Å²) in [5, 5.41) is 0. The monoisotopic (exact) mass is 191 g/mol. The summed E-state index contributed by atoms with van der Waals surface area (Å²) in [5.74, 6) is 6.36. The van der Waals surface area contributed by atoms with E-state index in [1.54, 1.807) is 0 Å². The van der Waals surface area contributed by atoms with Crippen molar-refractivity contribution in [1.82, 2.24) is 4.98 Å². The number of hydrogen-bond acceptors (Lipinski definition) is 3. The molecule has 0 fully saturated rings. The number of nitrogens with one attached hydrogen (secondary N) is 1. The van der Waals surface area contributed by atoms with E-state index in [0.29, 0.717) is 0 Å². The third-order valence-corrected chi connectivity index (χ3v) is 2.85. The highest BCUT2D eigenvalue weighted by atomic mass is 15.2. The van der Waals surface area contributed by atoms with Gasteiger partial charge in [-0.2, -0.15) is 0 Å². The molecular formula is C11H17N3. The van der Waals surface area contributed by atoms with Crippen molar-refractivity contribution in [1.29, 1.82) is 0 Å². The predicted octanol–water partition coefficient (Wildman–Crippen LogP) is 1.94. The van der Waals surface area contributed by atoms with Gasteiger partial charge in [-0.05, 0) is 49.8 Å². The minimum absolute atomic E-state index is 0.877. The normalized spacial score (nSPS) is 15.9. The van der Waals surface area contributed by atoms with E-state index in [1.165, 1.54) is 36.8 Å². The zero-order chi connectivity index (χ0) is 9.97. The smallest absolute Gasteiger partial charge is 0.143 e. The molecule has 0 aliphatic heterocycles. The number of fused-ring (bicyclic) bond motifs is 1. The van der Waals surface area contributed by atoms with Crippen LogP contribution in [0.15, 0.2) is 6.07 Å².